The number of nitrogens with two attached hydrogens (primary N) is 1. The fourth-order valence-corrected chi connectivity index (χ4v) is 2.46. The summed E-state index contributed by atoms with van der Waals surface area (Å²) in [7, 11) is 0. The van der Waals surface area contributed by atoms with E-state index in [1.807, 2.05) is 50.2 Å². The highest BCUT2D eigenvalue weighted by Crippen LogP contribution is 2.34. The first-order valence-corrected chi connectivity index (χ1v) is 6.80. The number of hydrogen-bond acceptors (Lipinski definition) is 3. The van der Waals surface area contributed by atoms with Gasteiger partial charge in [-0.1, -0.05) is 18.2 Å². The highest BCUT2D eigenvalue weighted by Gasteiger charge is 2.25. The number of carbonyl (C=O) groups excluding carboxylic acids is 1. The van der Waals surface area contributed by atoms with E-state index in [9.17, 15) is 4.79 Å². The standard InChI is InChI=1S/C17H17N3O/c1-10-6-7-12(8-14(10)18)19-9-13-16-11(2)4-3-5-15(16)20-17(13)21/h3-9,19H,18H2,1-2H3,(H,20,21)/b13-9+. The van der Waals surface area contributed by atoms with Crippen molar-refractivity contribution in [3.8, 4) is 0 Å². The zero-order valence-electron chi connectivity index (χ0n) is 12.0. The maximum Gasteiger partial charge on any atom is 0.257 e. The molecule has 3 rings (SSSR count). The Morgan fingerprint density at radius 3 is 2.71 bits per heavy atom. The number of fused-ring (bicyclic) bond motifs is 1. The molecule has 0 spiro atoms. The van der Waals surface area contributed by atoms with Gasteiger partial charge in [-0.25, -0.2) is 0 Å². The number of rotatable bonds is 2. The molecule has 0 aliphatic carbocycles. The van der Waals surface area contributed by atoms with Gasteiger partial charge in [0, 0.05) is 28.8 Å². The fourth-order valence-electron chi connectivity index (χ4n) is 2.46. The molecular weight excluding hydrogens is 262 g/mol. The largest absolute Gasteiger partial charge is 0.398 e. The molecule has 0 aromatic heterocycles. The molecule has 0 unspecified atom stereocenters. The topological polar surface area (TPSA) is 67.2 Å². The first kappa shape index (κ1) is 13.2. The molecule has 0 bridgehead atoms. The summed E-state index contributed by atoms with van der Waals surface area (Å²) in [6.07, 6.45) is 1.73. The van der Waals surface area contributed by atoms with Gasteiger partial charge in [0.1, 0.15) is 0 Å². The van der Waals surface area contributed by atoms with Crippen LogP contribution in [0.15, 0.2) is 42.6 Å². The number of anilines is 3. The number of amides is 1. The van der Waals surface area contributed by atoms with Crippen molar-refractivity contribution in [1.29, 1.82) is 0 Å². The molecule has 1 aliphatic heterocycles. The third-order valence-corrected chi connectivity index (χ3v) is 3.70. The SMILES string of the molecule is Cc1ccc(N/C=C2/C(=O)Nc3cccc(C)c32)cc1N. The highest BCUT2D eigenvalue weighted by atomic mass is 16.2. The van der Waals surface area contributed by atoms with E-state index in [1.165, 1.54) is 0 Å². The molecule has 1 amide bonds. The first-order valence-electron chi connectivity index (χ1n) is 6.80. The van der Waals surface area contributed by atoms with Crippen molar-refractivity contribution in [2.24, 2.45) is 0 Å². The third kappa shape index (κ3) is 2.36. The molecule has 106 valence electrons. The summed E-state index contributed by atoms with van der Waals surface area (Å²) in [5.74, 6) is -0.0908. The Labute approximate surface area is 123 Å². The molecule has 0 fully saturated rings. The molecule has 4 heteroatoms. The minimum Gasteiger partial charge on any atom is -0.398 e. The molecule has 1 aliphatic rings. The molecule has 0 saturated carbocycles. The van der Waals surface area contributed by atoms with Gasteiger partial charge in [-0.15, -0.1) is 0 Å². The van der Waals surface area contributed by atoms with Crippen molar-refractivity contribution >= 4 is 28.5 Å². The van der Waals surface area contributed by atoms with E-state index < -0.39 is 0 Å². The van der Waals surface area contributed by atoms with Crippen LogP contribution < -0.4 is 16.4 Å². The molecule has 0 radical (unpaired) electrons. The van der Waals surface area contributed by atoms with E-state index in [0.29, 0.717) is 5.57 Å². The maximum atomic E-state index is 12.1. The van der Waals surface area contributed by atoms with Gasteiger partial charge in [0.2, 0.25) is 0 Å². The molecule has 2 aromatic rings. The highest BCUT2D eigenvalue weighted by molar-refractivity contribution is 6.32. The normalized spacial score (nSPS) is 15.0. The van der Waals surface area contributed by atoms with Crippen LogP contribution in [0.25, 0.3) is 5.57 Å². The second kappa shape index (κ2) is 4.98. The predicted molar refractivity (Wildman–Crippen MR) is 87.0 cm³/mol. The van der Waals surface area contributed by atoms with Crippen molar-refractivity contribution in [2.75, 3.05) is 16.4 Å². The van der Waals surface area contributed by atoms with Crippen LogP contribution in [0.1, 0.15) is 16.7 Å². The van der Waals surface area contributed by atoms with Crippen molar-refractivity contribution < 1.29 is 4.79 Å². The summed E-state index contributed by atoms with van der Waals surface area (Å²) in [6, 6.07) is 11.6. The number of hydrogen-bond donors (Lipinski definition) is 3. The molecular formula is C17H17N3O. The lowest BCUT2D eigenvalue weighted by Crippen LogP contribution is -2.05. The number of aryl methyl sites for hydroxylation is 2. The lowest BCUT2D eigenvalue weighted by molar-refractivity contribution is -0.110. The van der Waals surface area contributed by atoms with Crippen LogP contribution >= 0.6 is 0 Å². The number of nitrogens with one attached hydrogen (secondary N) is 2. The summed E-state index contributed by atoms with van der Waals surface area (Å²) < 4.78 is 0. The second-order valence-corrected chi connectivity index (χ2v) is 5.23. The van der Waals surface area contributed by atoms with Gasteiger partial charge in [-0.3, -0.25) is 4.79 Å². The Bertz CT molecular complexity index is 763. The monoisotopic (exact) mass is 279 g/mol. The molecule has 4 nitrogen and oxygen atoms in total. The Morgan fingerprint density at radius 1 is 1.14 bits per heavy atom. The number of benzene rings is 2. The van der Waals surface area contributed by atoms with Gasteiger partial charge in [0.25, 0.3) is 5.91 Å². The van der Waals surface area contributed by atoms with Crippen molar-refractivity contribution in [3.63, 3.8) is 0 Å². The summed E-state index contributed by atoms with van der Waals surface area (Å²) in [6.45, 7) is 3.96. The Morgan fingerprint density at radius 2 is 1.95 bits per heavy atom. The Kier molecular flexibility index (Phi) is 3.14. The summed E-state index contributed by atoms with van der Waals surface area (Å²) >= 11 is 0. The fraction of sp³-hybridized carbons (Fsp3) is 0.118. The van der Waals surface area contributed by atoms with Crippen LogP contribution in [-0.2, 0) is 4.79 Å². The van der Waals surface area contributed by atoms with Crippen LogP contribution in [-0.4, -0.2) is 5.91 Å². The van der Waals surface area contributed by atoms with Crippen LogP contribution in [0.2, 0.25) is 0 Å². The molecule has 2 aromatic carbocycles. The van der Waals surface area contributed by atoms with E-state index in [-0.39, 0.29) is 5.91 Å². The molecule has 1 heterocycles. The average Bonchev–Trinajstić information content (AvgIpc) is 2.77. The predicted octanol–water partition coefficient (Wildman–Crippen LogP) is 3.29. The molecule has 0 atom stereocenters. The minimum atomic E-state index is -0.0908. The molecule has 0 saturated heterocycles. The maximum absolute atomic E-state index is 12.1. The van der Waals surface area contributed by atoms with Crippen LogP contribution in [0, 0.1) is 13.8 Å². The number of carbonyl (C=O) groups is 1. The number of nitrogen functional groups attached to an aromatic ring is 1. The van der Waals surface area contributed by atoms with Crippen LogP contribution in [0.5, 0.6) is 0 Å². The quantitative estimate of drug-likeness (QED) is 0.583. The van der Waals surface area contributed by atoms with Crippen molar-refractivity contribution in [1.82, 2.24) is 0 Å². The minimum absolute atomic E-state index is 0.0908. The lowest BCUT2D eigenvalue weighted by atomic mass is 10.0. The summed E-state index contributed by atoms with van der Waals surface area (Å²) in [5.41, 5.74) is 12.0. The van der Waals surface area contributed by atoms with Crippen molar-refractivity contribution in [3.05, 3.63) is 59.3 Å². The first-order chi connectivity index (χ1) is 10.1. The van der Waals surface area contributed by atoms with Gasteiger partial charge in [-0.2, -0.15) is 0 Å². The smallest absolute Gasteiger partial charge is 0.257 e. The Hall–Kier alpha value is -2.75. The van der Waals surface area contributed by atoms with Crippen molar-refractivity contribution in [2.45, 2.75) is 13.8 Å². The zero-order valence-corrected chi connectivity index (χ0v) is 12.0. The van der Waals surface area contributed by atoms with Crippen LogP contribution in [0.3, 0.4) is 0 Å². The summed E-state index contributed by atoms with van der Waals surface area (Å²) in [4.78, 5) is 12.1. The van der Waals surface area contributed by atoms with Gasteiger partial charge in [0.05, 0.1) is 5.57 Å². The van der Waals surface area contributed by atoms with Gasteiger partial charge in [0.15, 0.2) is 0 Å². The lowest BCUT2D eigenvalue weighted by Gasteiger charge is -2.06. The van der Waals surface area contributed by atoms with E-state index in [4.69, 9.17) is 5.73 Å². The van der Waals surface area contributed by atoms with E-state index in [2.05, 4.69) is 10.6 Å². The molecule has 4 N–H and O–H groups in total. The van der Waals surface area contributed by atoms with E-state index in [1.54, 1.807) is 6.20 Å². The van der Waals surface area contributed by atoms with E-state index >= 15 is 0 Å². The molecule has 21 heavy (non-hydrogen) atoms. The van der Waals surface area contributed by atoms with Crippen LogP contribution in [0.4, 0.5) is 17.1 Å². The van der Waals surface area contributed by atoms with E-state index in [0.717, 1.165) is 33.8 Å². The third-order valence-electron chi connectivity index (χ3n) is 3.70. The zero-order chi connectivity index (χ0) is 15.0. The average molecular weight is 279 g/mol. The van der Waals surface area contributed by atoms with Gasteiger partial charge in [-0.05, 0) is 43.2 Å². The van der Waals surface area contributed by atoms with Gasteiger partial charge >= 0.3 is 0 Å². The second-order valence-electron chi connectivity index (χ2n) is 5.23. The van der Waals surface area contributed by atoms with Gasteiger partial charge < -0.3 is 16.4 Å². The Balaban J connectivity index is 1.94. The summed E-state index contributed by atoms with van der Waals surface area (Å²) in [5, 5.41) is 6.02.